The average Bonchev–Trinajstić information content (AvgIpc) is 3.00. The van der Waals surface area contributed by atoms with Gasteiger partial charge >= 0.3 is 0 Å². The molecule has 0 saturated heterocycles. The zero-order valence-corrected chi connectivity index (χ0v) is 12.2. The van der Waals surface area contributed by atoms with E-state index in [-0.39, 0.29) is 6.04 Å². The van der Waals surface area contributed by atoms with Gasteiger partial charge in [0.1, 0.15) is 0 Å². The summed E-state index contributed by atoms with van der Waals surface area (Å²) in [4.78, 5) is 2.84. The third-order valence-corrected chi connectivity index (χ3v) is 5.06. The van der Waals surface area contributed by atoms with E-state index in [4.69, 9.17) is 0 Å². The van der Waals surface area contributed by atoms with E-state index in [1.807, 2.05) is 18.3 Å². The zero-order valence-electron chi connectivity index (χ0n) is 11.4. The third kappa shape index (κ3) is 2.76. The van der Waals surface area contributed by atoms with Gasteiger partial charge in [-0.25, -0.2) is 8.78 Å². The van der Waals surface area contributed by atoms with E-state index in [1.165, 1.54) is 46.7 Å². The largest absolute Gasteiger partial charge is 0.305 e. The Morgan fingerprint density at radius 1 is 1.20 bits per heavy atom. The molecule has 1 aliphatic carbocycles. The zero-order chi connectivity index (χ0) is 14.1. The van der Waals surface area contributed by atoms with Gasteiger partial charge in [-0.15, -0.1) is 11.3 Å². The van der Waals surface area contributed by atoms with Gasteiger partial charge in [0, 0.05) is 22.3 Å². The standard InChI is InChI=1S/C16H17F2NS/c1-10(11-5-6-14(17)15(18)8-11)19-9-13-7-12-3-2-4-16(12)20-13/h5-8,10,19H,2-4,9H2,1H3. The molecule has 106 valence electrons. The highest BCUT2D eigenvalue weighted by Gasteiger charge is 2.15. The highest BCUT2D eigenvalue weighted by atomic mass is 32.1. The monoisotopic (exact) mass is 293 g/mol. The molecule has 4 heteroatoms. The van der Waals surface area contributed by atoms with Crippen LogP contribution in [0.1, 0.15) is 40.3 Å². The van der Waals surface area contributed by atoms with Gasteiger partial charge in [-0.3, -0.25) is 0 Å². The van der Waals surface area contributed by atoms with Crippen LogP contribution in [0.5, 0.6) is 0 Å². The van der Waals surface area contributed by atoms with Crippen molar-refractivity contribution in [2.24, 2.45) is 0 Å². The van der Waals surface area contributed by atoms with Crippen LogP contribution in [0.2, 0.25) is 0 Å². The first-order chi connectivity index (χ1) is 9.63. The van der Waals surface area contributed by atoms with Crippen LogP contribution < -0.4 is 5.32 Å². The molecule has 1 aromatic carbocycles. The van der Waals surface area contributed by atoms with E-state index >= 15 is 0 Å². The van der Waals surface area contributed by atoms with Crippen LogP contribution in [0.25, 0.3) is 0 Å². The number of hydrogen-bond donors (Lipinski definition) is 1. The van der Waals surface area contributed by atoms with Gasteiger partial charge in [-0.05, 0) is 55.5 Å². The molecule has 0 fully saturated rings. The van der Waals surface area contributed by atoms with Crippen molar-refractivity contribution < 1.29 is 8.78 Å². The van der Waals surface area contributed by atoms with Crippen LogP contribution in [0.4, 0.5) is 8.78 Å². The Balaban J connectivity index is 1.63. The molecule has 0 bridgehead atoms. The Hall–Kier alpha value is -1.26. The van der Waals surface area contributed by atoms with Crippen LogP contribution >= 0.6 is 11.3 Å². The maximum atomic E-state index is 13.2. The topological polar surface area (TPSA) is 12.0 Å². The summed E-state index contributed by atoms with van der Waals surface area (Å²) in [5.74, 6) is -1.58. The molecule has 0 radical (unpaired) electrons. The molecule has 0 aliphatic heterocycles. The molecule has 0 amide bonds. The Bertz CT molecular complexity index is 599. The lowest BCUT2D eigenvalue weighted by atomic mass is 10.1. The maximum absolute atomic E-state index is 13.2. The summed E-state index contributed by atoms with van der Waals surface area (Å²) in [7, 11) is 0. The van der Waals surface area contributed by atoms with Crippen LogP contribution in [-0.4, -0.2) is 0 Å². The summed E-state index contributed by atoms with van der Waals surface area (Å²) in [6.07, 6.45) is 3.68. The number of thiophene rings is 1. The van der Waals surface area contributed by atoms with Crippen molar-refractivity contribution in [2.75, 3.05) is 0 Å². The molecule has 1 heterocycles. The van der Waals surface area contributed by atoms with Gasteiger partial charge in [0.05, 0.1) is 0 Å². The molecule has 2 aromatic rings. The first-order valence-electron chi connectivity index (χ1n) is 6.92. The van der Waals surface area contributed by atoms with E-state index in [9.17, 15) is 8.78 Å². The molecule has 0 saturated carbocycles. The summed E-state index contributed by atoms with van der Waals surface area (Å²) in [5.41, 5.74) is 2.26. The Labute approximate surface area is 121 Å². The lowest BCUT2D eigenvalue weighted by Crippen LogP contribution is -2.17. The fourth-order valence-electron chi connectivity index (χ4n) is 2.63. The van der Waals surface area contributed by atoms with Crippen molar-refractivity contribution in [1.29, 1.82) is 0 Å². The molecule has 0 spiro atoms. The molecule has 1 N–H and O–H groups in total. The van der Waals surface area contributed by atoms with Crippen molar-refractivity contribution in [3.63, 3.8) is 0 Å². The van der Waals surface area contributed by atoms with E-state index in [2.05, 4.69) is 11.4 Å². The lowest BCUT2D eigenvalue weighted by Gasteiger charge is -2.13. The Morgan fingerprint density at radius 3 is 2.80 bits per heavy atom. The van der Waals surface area contributed by atoms with Crippen molar-refractivity contribution in [3.05, 3.63) is 56.8 Å². The Kier molecular flexibility index (Phi) is 3.85. The van der Waals surface area contributed by atoms with Gasteiger partial charge < -0.3 is 5.32 Å². The molecule has 20 heavy (non-hydrogen) atoms. The van der Waals surface area contributed by atoms with Gasteiger partial charge in [-0.1, -0.05) is 6.07 Å². The maximum Gasteiger partial charge on any atom is 0.159 e. The van der Waals surface area contributed by atoms with Crippen molar-refractivity contribution >= 4 is 11.3 Å². The molecule has 1 atom stereocenters. The Morgan fingerprint density at radius 2 is 2.05 bits per heavy atom. The molecule has 1 nitrogen and oxygen atoms in total. The lowest BCUT2D eigenvalue weighted by molar-refractivity contribution is 0.501. The van der Waals surface area contributed by atoms with Gasteiger partial charge in [0.25, 0.3) is 0 Å². The highest BCUT2D eigenvalue weighted by molar-refractivity contribution is 7.12. The molecule has 1 aliphatic rings. The molecule has 1 aromatic heterocycles. The number of benzene rings is 1. The molecule has 3 rings (SSSR count). The number of hydrogen-bond acceptors (Lipinski definition) is 2. The SMILES string of the molecule is CC(NCc1cc2c(s1)CCC2)c1ccc(F)c(F)c1. The summed E-state index contributed by atoms with van der Waals surface area (Å²) >= 11 is 1.87. The van der Waals surface area contributed by atoms with Crippen LogP contribution in [-0.2, 0) is 19.4 Å². The van der Waals surface area contributed by atoms with E-state index in [0.717, 1.165) is 12.1 Å². The second-order valence-corrected chi connectivity index (χ2v) is 6.51. The average molecular weight is 293 g/mol. The highest BCUT2D eigenvalue weighted by Crippen LogP contribution is 2.30. The summed E-state index contributed by atoms with van der Waals surface area (Å²) < 4.78 is 26.1. The first-order valence-corrected chi connectivity index (χ1v) is 7.74. The summed E-state index contributed by atoms with van der Waals surface area (Å²) in [6, 6.07) is 6.36. The van der Waals surface area contributed by atoms with Crippen molar-refractivity contribution in [3.8, 4) is 0 Å². The van der Waals surface area contributed by atoms with Gasteiger partial charge in [-0.2, -0.15) is 0 Å². The number of fused-ring (bicyclic) bond motifs is 1. The van der Waals surface area contributed by atoms with Gasteiger partial charge in [0.2, 0.25) is 0 Å². The normalized spacial score (nSPS) is 15.3. The molecular weight excluding hydrogens is 276 g/mol. The number of aryl methyl sites for hydroxylation is 2. The van der Waals surface area contributed by atoms with Crippen LogP contribution in [0.3, 0.4) is 0 Å². The molecule has 1 unspecified atom stereocenters. The predicted octanol–water partition coefficient (Wildman–Crippen LogP) is 4.37. The smallest absolute Gasteiger partial charge is 0.159 e. The number of rotatable bonds is 4. The second kappa shape index (κ2) is 5.62. The van der Waals surface area contributed by atoms with E-state index in [1.54, 1.807) is 6.07 Å². The van der Waals surface area contributed by atoms with Gasteiger partial charge in [0.15, 0.2) is 11.6 Å². The quantitative estimate of drug-likeness (QED) is 0.883. The minimum Gasteiger partial charge on any atom is -0.305 e. The first kappa shape index (κ1) is 13.7. The van der Waals surface area contributed by atoms with Crippen LogP contribution in [0, 0.1) is 11.6 Å². The minimum atomic E-state index is -0.796. The number of halogens is 2. The van der Waals surface area contributed by atoms with Crippen molar-refractivity contribution in [2.45, 2.75) is 38.8 Å². The second-order valence-electron chi connectivity index (χ2n) is 5.29. The fourth-order valence-corrected chi connectivity index (χ4v) is 3.84. The fraction of sp³-hybridized carbons (Fsp3) is 0.375. The summed E-state index contributed by atoms with van der Waals surface area (Å²) in [6.45, 7) is 2.74. The molecular formula is C16H17F2NS. The summed E-state index contributed by atoms with van der Waals surface area (Å²) in [5, 5.41) is 3.37. The third-order valence-electron chi connectivity index (χ3n) is 3.82. The van der Waals surface area contributed by atoms with Crippen LogP contribution in [0.15, 0.2) is 24.3 Å². The van der Waals surface area contributed by atoms with E-state index < -0.39 is 11.6 Å². The predicted molar refractivity (Wildman–Crippen MR) is 78.0 cm³/mol. The van der Waals surface area contributed by atoms with E-state index in [0.29, 0.717) is 0 Å². The minimum absolute atomic E-state index is 0.00189. The van der Waals surface area contributed by atoms with Crippen molar-refractivity contribution in [1.82, 2.24) is 5.32 Å². The number of nitrogens with one attached hydrogen (secondary N) is 1.